The zero-order valence-corrected chi connectivity index (χ0v) is 15.7. The molecule has 27 heavy (non-hydrogen) atoms. The number of ether oxygens (including phenoxy) is 1. The van der Waals surface area contributed by atoms with Crippen LogP contribution >= 0.6 is 23.4 Å². The summed E-state index contributed by atoms with van der Waals surface area (Å²) in [7, 11) is 1.51. The molecule has 0 aliphatic carbocycles. The number of nitrogen functional groups attached to an aromatic ring is 1. The Balaban J connectivity index is 1.64. The molecule has 3 N–H and O–H groups in total. The summed E-state index contributed by atoms with van der Waals surface area (Å²) in [4.78, 5) is 12.1. The first-order chi connectivity index (χ1) is 13.0. The molecule has 140 valence electrons. The van der Waals surface area contributed by atoms with Crippen LogP contribution in [0.1, 0.15) is 0 Å². The maximum atomic E-state index is 13.9. The molecule has 0 saturated carbocycles. The summed E-state index contributed by atoms with van der Waals surface area (Å²) in [6.45, 7) is 0. The van der Waals surface area contributed by atoms with E-state index in [1.54, 1.807) is 36.4 Å². The van der Waals surface area contributed by atoms with Gasteiger partial charge in [-0.25, -0.2) is 9.07 Å². The van der Waals surface area contributed by atoms with Crippen LogP contribution in [0.3, 0.4) is 0 Å². The predicted octanol–water partition coefficient (Wildman–Crippen LogP) is 3.19. The lowest BCUT2D eigenvalue weighted by atomic mass is 10.2. The lowest BCUT2D eigenvalue weighted by Crippen LogP contribution is -2.16. The third-order valence-corrected chi connectivity index (χ3v) is 4.79. The molecule has 0 bridgehead atoms. The number of benzene rings is 2. The summed E-state index contributed by atoms with van der Waals surface area (Å²) in [5.41, 5.74) is 0.768. The van der Waals surface area contributed by atoms with E-state index in [4.69, 9.17) is 22.2 Å². The maximum Gasteiger partial charge on any atom is 0.234 e. The smallest absolute Gasteiger partial charge is 0.234 e. The van der Waals surface area contributed by atoms with Crippen LogP contribution in [0.2, 0.25) is 5.02 Å². The number of nitrogens with one attached hydrogen (secondary N) is 1. The van der Waals surface area contributed by atoms with Gasteiger partial charge in [0.1, 0.15) is 11.6 Å². The van der Waals surface area contributed by atoms with E-state index >= 15 is 0 Å². The van der Waals surface area contributed by atoms with Crippen molar-refractivity contribution in [2.24, 2.45) is 0 Å². The lowest BCUT2D eigenvalue weighted by Gasteiger charge is -2.08. The Labute approximate surface area is 163 Å². The highest BCUT2D eigenvalue weighted by molar-refractivity contribution is 7.99. The second-order valence-electron chi connectivity index (χ2n) is 5.34. The van der Waals surface area contributed by atoms with Gasteiger partial charge in [0.15, 0.2) is 5.82 Å². The number of carbonyl (C=O) groups excluding carboxylic acids is 1. The van der Waals surface area contributed by atoms with Gasteiger partial charge in [-0.15, -0.1) is 10.2 Å². The highest BCUT2D eigenvalue weighted by Gasteiger charge is 2.16. The number of carbonyl (C=O) groups is 1. The Morgan fingerprint density at radius 3 is 2.81 bits per heavy atom. The number of halogens is 2. The molecule has 3 rings (SSSR count). The van der Waals surface area contributed by atoms with Crippen molar-refractivity contribution >= 4 is 35.0 Å². The standard InChI is InChI=1S/C17H15ClFN5O2S/c1-26-14-7-6-10(8-12(14)18)21-15(25)9-27-17-23-22-16(24(17)20)11-4-2-3-5-13(11)19/h2-8H,9,20H2,1H3,(H,21,25). The van der Waals surface area contributed by atoms with Crippen molar-refractivity contribution in [3.63, 3.8) is 0 Å². The summed E-state index contributed by atoms with van der Waals surface area (Å²) in [6, 6.07) is 11.0. The molecule has 0 fully saturated rings. The fourth-order valence-electron chi connectivity index (χ4n) is 2.27. The van der Waals surface area contributed by atoms with E-state index in [1.165, 1.54) is 13.2 Å². The van der Waals surface area contributed by atoms with Crippen molar-refractivity contribution in [3.05, 3.63) is 53.3 Å². The van der Waals surface area contributed by atoms with E-state index in [9.17, 15) is 9.18 Å². The van der Waals surface area contributed by atoms with E-state index in [1.807, 2.05) is 0 Å². The SMILES string of the molecule is COc1ccc(NC(=O)CSc2nnc(-c3ccccc3F)n2N)cc1Cl. The Morgan fingerprint density at radius 2 is 2.11 bits per heavy atom. The van der Waals surface area contributed by atoms with Gasteiger partial charge in [-0.3, -0.25) is 4.79 Å². The van der Waals surface area contributed by atoms with Gasteiger partial charge in [-0.05, 0) is 30.3 Å². The van der Waals surface area contributed by atoms with Crippen LogP contribution in [0.5, 0.6) is 5.75 Å². The highest BCUT2D eigenvalue weighted by atomic mass is 35.5. The molecule has 0 spiro atoms. The van der Waals surface area contributed by atoms with Crippen LogP contribution in [0.25, 0.3) is 11.4 Å². The predicted molar refractivity (Wildman–Crippen MR) is 103 cm³/mol. The van der Waals surface area contributed by atoms with Gasteiger partial charge < -0.3 is 15.9 Å². The number of thioether (sulfide) groups is 1. The van der Waals surface area contributed by atoms with Gasteiger partial charge in [-0.2, -0.15) is 0 Å². The van der Waals surface area contributed by atoms with Crippen molar-refractivity contribution in [1.29, 1.82) is 0 Å². The number of hydrogen-bond donors (Lipinski definition) is 2. The van der Waals surface area contributed by atoms with E-state index in [0.717, 1.165) is 16.4 Å². The van der Waals surface area contributed by atoms with Gasteiger partial charge in [-0.1, -0.05) is 35.5 Å². The first-order valence-electron chi connectivity index (χ1n) is 7.71. The van der Waals surface area contributed by atoms with E-state index < -0.39 is 5.82 Å². The first kappa shape index (κ1) is 19.0. The average Bonchev–Trinajstić information content (AvgIpc) is 3.01. The number of aromatic nitrogens is 3. The van der Waals surface area contributed by atoms with E-state index in [-0.39, 0.29) is 28.2 Å². The largest absolute Gasteiger partial charge is 0.495 e. The van der Waals surface area contributed by atoms with Crippen LogP contribution < -0.4 is 15.9 Å². The average molecular weight is 408 g/mol. The Bertz CT molecular complexity index is 982. The molecular weight excluding hydrogens is 393 g/mol. The number of amides is 1. The van der Waals surface area contributed by atoms with Crippen molar-refractivity contribution in [2.45, 2.75) is 5.16 Å². The lowest BCUT2D eigenvalue weighted by molar-refractivity contribution is -0.113. The van der Waals surface area contributed by atoms with E-state index in [0.29, 0.717) is 16.5 Å². The monoisotopic (exact) mass is 407 g/mol. The van der Waals surface area contributed by atoms with Gasteiger partial charge in [0.25, 0.3) is 0 Å². The number of hydrogen-bond acceptors (Lipinski definition) is 6. The van der Waals surface area contributed by atoms with Crippen LogP contribution in [0.4, 0.5) is 10.1 Å². The minimum absolute atomic E-state index is 0.0379. The minimum atomic E-state index is -0.456. The summed E-state index contributed by atoms with van der Waals surface area (Å²) in [5, 5.41) is 11.2. The van der Waals surface area contributed by atoms with Crippen LogP contribution in [0.15, 0.2) is 47.6 Å². The molecule has 0 saturated heterocycles. The normalized spacial score (nSPS) is 10.6. The van der Waals surface area contributed by atoms with Crippen molar-refractivity contribution in [2.75, 3.05) is 24.0 Å². The van der Waals surface area contributed by atoms with Crippen LogP contribution in [0, 0.1) is 5.82 Å². The van der Waals surface area contributed by atoms with Crippen molar-refractivity contribution in [1.82, 2.24) is 14.9 Å². The maximum absolute atomic E-state index is 13.9. The third-order valence-electron chi connectivity index (χ3n) is 3.55. The Morgan fingerprint density at radius 1 is 1.33 bits per heavy atom. The van der Waals surface area contributed by atoms with Crippen molar-refractivity contribution in [3.8, 4) is 17.1 Å². The quantitative estimate of drug-likeness (QED) is 0.481. The molecular formula is C17H15ClFN5O2S. The molecule has 0 aliphatic rings. The Hall–Kier alpha value is -2.78. The number of anilines is 1. The zero-order chi connectivity index (χ0) is 19.4. The van der Waals surface area contributed by atoms with Crippen LogP contribution in [-0.2, 0) is 4.79 Å². The zero-order valence-electron chi connectivity index (χ0n) is 14.1. The molecule has 0 unspecified atom stereocenters. The van der Waals surface area contributed by atoms with Gasteiger partial charge >= 0.3 is 0 Å². The molecule has 7 nitrogen and oxygen atoms in total. The number of nitrogens with zero attached hydrogens (tertiary/aromatic N) is 3. The van der Waals surface area contributed by atoms with Gasteiger partial charge in [0, 0.05) is 5.69 Å². The van der Waals surface area contributed by atoms with Crippen molar-refractivity contribution < 1.29 is 13.9 Å². The number of rotatable bonds is 6. The Kier molecular flexibility index (Phi) is 5.82. The second-order valence-corrected chi connectivity index (χ2v) is 6.69. The fraction of sp³-hybridized carbons (Fsp3) is 0.118. The molecule has 1 aromatic heterocycles. The van der Waals surface area contributed by atoms with Gasteiger partial charge in [0.2, 0.25) is 11.1 Å². The summed E-state index contributed by atoms with van der Waals surface area (Å²) < 4.78 is 20.1. The molecule has 0 atom stereocenters. The molecule has 3 aromatic rings. The minimum Gasteiger partial charge on any atom is -0.495 e. The molecule has 1 amide bonds. The molecule has 1 heterocycles. The number of nitrogens with two attached hydrogens (primary N) is 1. The van der Waals surface area contributed by atoms with Crippen LogP contribution in [-0.4, -0.2) is 33.6 Å². The highest BCUT2D eigenvalue weighted by Crippen LogP contribution is 2.28. The van der Waals surface area contributed by atoms with Gasteiger partial charge in [0.05, 0.1) is 23.4 Å². The molecule has 2 aromatic carbocycles. The van der Waals surface area contributed by atoms with E-state index in [2.05, 4.69) is 15.5 Å². The summed E-state index contributed by atoms with van der Waals surface area (Å²) in [6.07, 6.45) is 0. The number of methoxy groups -OCH3 is 1. The fourth-order valence-corrected chi connectivity index (χ4v) is 3.19. The molecule has 10 heteroatoms. The summed E-state index contributed by atoms with van der Waals surface area (Å²) in [5.74, 6) is 5.93. The topological polar surface area (TPSA) is 95.1 Å². The second kappa shape index (κ2) is 8.28. The first-order valence-corrected chi connectivity index (χ1v) is 9.07. The molecule has 0 aliphatic heterocycles. The molecule has 0 radical (unpaired) electrons. The summed E-state index contributed by atoms with van der Waals surface area (Å²) >= 11 is 7.11. The third kappa shape index (κ3) is 4.32.